The summed E-state index contributed by atoms with van der Waals surface area (Å²) < 4.78 is 0. The molecule has 0 bridgehead atoms. The number of carboxylic acid groups (broad SMARTS) is 1. The van der Waals surface area contributed by atoms with Crippen LogP contribution < -0.4 is 4.90 Å². The first-order valence-electron chi connectivity index (χ1n) is 8.88. The number of nitrogens with zero attached hydrogens (tertiary/aromatic N) is 2. The van der Waals surface area contributed by atoms with Crippen molar-refractivity contribution in [3.8, 4) is 0 Å². The van der Waals surface area contributed by atoms with Gasteiger partial charge in [-0.1, -0.05) is 62.2 Å². The van der Waals surface area contributed by atoms with Crippen LogP contribution in [0.5, 0.6) is 0 Å². The smallest absolute Gasteiger partial charge is 0.323 e. The van der Waals surface area contributed by atoms with Crippen molar-refractivity contribution in [2.45, 2.75) is 26.3 Å². The van der Waals surface area contributed by atoms with Crippen molar-refractivity contribution in [3.05, 3.63) is 64.7 Å². The lowest BCUT2D eigenvalue weighted by molar-refractivity contribution is -0.136. The quantitative estimate of drug-likeness (QED) is 0.846. The van der Waals surface area contributed by atoms with Gasteiger partial charge in [0.15, 0.2) is 0 Å². The SMILES string of the molecule is CCC(C)C1N=C(c2ccccc2)c2cc(Cl)ccc2N(CC(=O)O)C1=O. The highest BCUT2D eigenvalue weighted by atomic mass is 35.5. The highest BCUT2D eigenvalue weighted by Crippen LogP contribution is 2.32. The van der Waals surface area contributed by atoms with Crippen LogP contribution in [0.3, 0.4) is 0 Å². The molecule has 0 saturated carbocycles. The van der Waals surface area contributed by atoms with Crippen LogP contribution in [0.2, 0.25) is 5.02 Å². The molecule has 2 atom stereocenters. The van der Waals surface area contributed by atoms with Crippen LogP contribution in [0.4, 0.5) is 5.69 Å². The molecule has 5 nitrogen and oxygen atoms in total. The standard InChI is InChI=1S/C21H21ClN2O3/c1-3-13(2)19-21(27)24(12-18(25)26)17-10-9-15(22)11-16(17)20(23-19)14-7-5-4-6-8-14/h4-11,13,19H,3,12H2,1-2H3,(H,25,26). The molecule has 0 aliphatic carbocycles. The number of benzene rings is 2. The maximum atomic E-state index is 13.2. The largest absolute Gasteiger partial charge is 0.480 e. The third-order valence-electron chi connectivity index (χ3n) is 4.82. The Balaban J connectivity index is 2.27. The number of carbonyl (C=O) groups is 2. The van der Waals surface area contributed by atoms with E-state index in [9.17, 15) is 14.7 Å². The molecule has 2 unspecified atom stereocenters. The Morgan fingerprint density at radius 3 is 2.59 bits per heavy atom. The predicted molar refractivity (Wildman–Crippen MR) is 107 cm³/mol. The number of halogens is 1. The molecule has 0 radical (unpaired) electrons. The predicted octanol–water partition coefficient (Wildman–Crippen LogP) is 4.02. The average Bonchev–Trinajstić information content (AvgIpc) is 2.77. The third kappa shape index (κ3) is 3.88. The van der Waals surface area contributed by atoms with Gasteiger partial charge < -0.3 is 5.11 Å². The van der Waals surface area contributed by atoms with Gasteiger partial charge in [-0.2, -0.15) is 0 Å². The van der Waals surface area contributed by atoms with E-state index in [0.29, 0.717) is 22.0 Å². The van der Waals surface area contributed by atoms with E-state index in [0.717, 1.165) is 12.0 Å². The second-order valence-corrected chi connectivity index (χ2v) is 7.09. The molecule has 27 heavy (non-hydrogen) atoms. The molecule has 0 aromatic heterocycles. The molecular formula is C21H21ClN2O3. The number of benzodiazepines with no additional fused rings is 1. The molecule has 1 aliphatic rings. The number of aliphatic carboxylic acids is 1. The van der Waals surface area contributed by atoms with Gasteiger partial charge in [0.05, 0.1) is 11.4 Å². The molecule has 2 aromatic carbocycles. The summed E-state index contributed by atoms with van der Waals surface area (Å²) in [6.07, 6.45) is 0.750. The zero-order valence-corrected chi connectivity index (χ0v) is 16.0. The Kier molecular flexibility index (Phi) is 5.61. The number of fused-ring (bicyclic) bond motifs is 1. The van der Waals surface area contributed by atoms with Gasteiger partial charge >= 0.3 is 5.97 Å². The van der Waals surface area contributed by atoms with Gasteiger partial charge in [-0.3, -0.25) is 19.5 Å². The van der Waals surface area contributed by atoms with Gasteiger partial charge in [0.1, 0.15) is 12.6 Å². The summed E-state index contributed by atoms with van der Waals surface area (Å²) in [5, 5.41) is 9.87. The molecule has 140 valence electrons. The summed E-state index contributed by atoms with van der Waals surface area (Å²) in [6, 6.07) is 14.0. The summed E-state index contributed by atoms with van der Waals surface area (Å²) in [6.45, 7) is 3.53. The molecule has 1 aliphatic heterocycles. The van der Waals surface area contributed by atoms with Gasteiger partial charge in [0.25, 0.3) is 5.91 Å². The minimum atomic E-state index is -1.07. The number of carboxylic acids is 1. The van der Waals surface area contributed by atoms with Crippen molar-refractivity contribution in [1.29, 1.82) is 0 Å². The average molecular weight is 385 g/mol. The maximum absolute atomic E-state index is 13.2. The molecule has 1 heterocycles. The van der Waals surface area contributed by atoms with Crippen LogP contribution in [0.25, 0.3) is 0 Å². The van der Waals surface area contributed by atoms with E-state index >= 15 is 0 Å². The number of rotatable bonds is 5. The van der Waals surface area contributed by atoms with Crippen molar-refractivity contribution >= 4 is 34.9 Å². The minimum Gasteiger partial charge on any atom is -0.480 e. The molecule has 0 saturated heterocycles. The lowest BCUT2D eigenvalue weighted by atomic mass is 9.98. The van der Waals surface area contributed by atoms with Crippen molar-refractivity contribution in [2.24, 2.45) is 10.9 Å². The summed E-state index contributed by atoms with van der Waals surface area (Å²) in [7, 11) is 0. The van der Waals surface area contributed by atoms with Gasteiger partial charge in [0, 0.05) is 16.1 Å². The molecule has 0 fully saturated rings. The molecule has 3 rings (SSSR count). The lowest BCUT2D eigenvalue weighted by Crippen LogP contribution is -2.43. The molecule has 1 amide bonds. The summed E-state index contributed by atoms with van der Waals surface area (Å²) in [4.78, 5) is 30.8. The van der Waals surface area contributed by atoms with Crippen LogP contribution in [-0.4, -0.2) is 35.3 Å². The number of amides is 1. The molecule has 2 aromatic rings. The molecular weight excluding hydrogens is 364 g/mol. The van der Waals surface area contributed by atoms with E-state index in [1.165, 1.54) is 4.90 Å². The molecule has 1 N–H and O–H groups in total. The lowest BCUT2D eigenvalue weighted by Gasteiger charge is -2.25. The highest BCUT2D eigenvalue weighted by Gasteiger charge is 2.35. The second kappa shape index (κ2) is 7.92. The van der Waals surface area contributed by atoms with Crippen LogP contribution in [0.15, 0.2) is 53.5 Å². The van der Waals surface area contributed by atoms with Crippen LogP contribution >= 0.6 is 11.6 Å². The maximum Gasteiger partial charge on any atom is 0.323 e. The summed E-state index contributed by atoms with van der Waals surface area (Å²) >= 11 is 6.22. The molecule has 6 heteroatoms. The Morgan fingerprint density at radius 1 is 1.26 bits per heavy atom. The van der Waals surface area contributed by atoms with Gasteiger partial charge in [0.2, 0.25) is 0 Å². The molecule has 0 spiro atoms. The summed E-state index contributed by atoms with van der Waals surface area (Å²) in [5.74, 6) is -1.41. The van der Waals surface area contributed by atoms with E-state index < -0.39 is 18.6 Å². The van der Waals surface area contributed by atoms with Gasteiger partial charge in [-0.15, -0.1) is 0 Å². The first-order valence-corrected chi connectivity index (χ1v) is 9.26. The normalized spacial score (nSPS) is 17.7. The number of aliphatic imine (C=N–C) groups is 1. The number of carbonyl (C=O) groups excluding carboxylic acids is 1. The van der Waals surface area contributed by atoms with Crippen molar-refractivity contribution in [3.63, 3.8) is 0 Å². The van der Waals surface area contributed by atoms with Crippen molar-refractivity contribution < 1.29 is 14.7 Å². The zero-order chi connectivity index (χ0) is 19.6. The van der Waals surface area contributed by atoms with Crippen LogP contribution in [-0.2, 0) is 9.59 Å². The van der Waals surface area contributed by atoms with Gasteiger partial charge in [-0.25, -0.2) is 0 Å². The van der Waals surface area contributed by atoms with E-state index in [2.05, 4.69) is 0 Å². The minimum absolute atomic E-state index is 0.0303. The van der Waals surface area contributed by atoms with E-state index in [-0.39, 0.29) is 11.8 Å². The van der Waals surface area contributed by atoms with Crippen LogP contribution in [0.1, 0.15) is 31.4 Å². The third-order valence-corrected chi connectivity index (χ3v) is 5.05. The number of hydrogen-bond acceptors (Lipinski definition) is 3. The van der Waals surface area contributed by atoms with Crippen LogP contribution in [0, 0.1) is 5.92 Å². The Hall–Kier alpha value is -2.66. The topological polar surface area (TPSA) is 70.0 Å². The first-order chi connectivity index (χ1) is 12.9. The van der Waals surface area contributed by atoms with E-state index in [1.54, 1.807) is 18.2 Å². The summed E-state index contributed by atoms with van der Waals surface area (Å²) in [5.41, 5.74) is 2.69. The number of hydrogen-bond donors (Lipinski definition) is 1. The van der Waals surface area contributed by atoms with E-state index in [4.69, 9.17) is 16.6 Å². The first kappa shape index (κ1) is 19.1. The Labute approximate surface area is 163 Å². The fourth-order valence-electron chi connectivity index (χ4n) is 3.19. The fourth-order valence-corrected chi connectivity index (χ4v) is 3.37. The van der Waals surface area contributed by atoms with Crippen molar-refractivity contribution in [1.82, 2.24) is 0 Å². The second-order valence-electron chi connectivity index (χ2n) is 6.65. The monoisotopic (exact) mass is 384 g/mol. The fraction of sp³-hybridized carbons (Fsp3) is 0.286. The Bertz CT molecular complexity index is 896. The van der Waals surface area contributed by atoms with Gasteiger partial charge in [-0.05, 0) is 24.1 Å². The Morgan fingerprint density at radius 2 is 1.96 bits per heavy atom. The number of anilines is 1. The van der Waals surface area contributed by atoms with E-state index in [1.807, 2.05) is 44.2 Å². The van der Waals surface area contributed by atoms with Crippen molar-refractivity contribution in [2.75, 3.05) is 11.4 Å². The highest BCUT2D eigenvalue weighted by molar-refractivity contribution is 6.32. The zero-order valence-electron chi connectivity index (χ0n) is 15.2.